The van der Waals surface area contributed by atoms with Crippen molar-refractivity contribution in [1.29, 1.82) is 0 Å². The molecule has 1 aliphatic rings. The van der Waals surface area contributed by atoms with Crippen LogP contribution in [-0.4, -0.2) is 37.9 Å². The highest BCUT2D eigenvalue weighted by Crippen LogP contribution is 2.37. The summed E-state index contributed by atoms with van der Waals surface area (Å²) in [4.78, 5) is 36.0. The van der Waals surface area contributed by atoms with Crippen molar-refractivity contribution in [2.45, 2.75) is 31.3 Å². The molecule has 11 heteroatoms. The fraction of sp³-hybridized carbons (Fsp3) is 0.222. The van der Waals surface area contributed by atoms with E-state index in [4.69, 9.17) is 9.72 Å². The number of azo groups is 1. The van der Waals surface area contributed by atoms with Gasteiger partial charge >= 0.3 is 0 Å². The number of hydrogen-bond donors (Lipinski definition) is 2. The van der Waals surface area contributed by atoms with Crippen LogP contribution in [0.1, 0.15) is 23.8 Å². The smallest absolute Gasteiger partial charge is 0.275 e. The first-order valence-electron chi connectivity index (χ1n) is 12.2. The minimum atomic E-state index is -0.513. The molecule has 1 amide bonds. The number of aryl methyl sites for hydroxylation is 2. The van der Waals surface area contributed by atoms with Crippen LogP contribution >= 0.6 is 23.1 Å². The highest BCUT2D eigenvalue weighted by molar-refractivity contribution is 7.99. The molecule has 3 aromatic heterocycles. The summed E-state index contributed by atoms with van der Waals surface area (Å²) < 4.78 is 7.11. The Hall–Kier alpha value is -3.96. The van der Waals surface area contributed by atoms with Crippen LogP contribution < -0.4 is 10.3 Å². The summed E-state index contributed by atoms with van der Waals surface area (Å²) in [6, 6.07) is 14.5. The summed E-state index contributed by atoms with van der Waals surface area (Å²) in [5, 5.41) is 19.7. The summed E-state index contributed by atoms with van der Waals surface area (Å²) in [6.45, 7) is 2.46. The Bertz CT molecular complexity index is 1770. The molecule has 38 heavy (non-hydrogen) atoms. The third-order valence-electron chi connectivity index (χ3n) is 6.36. The molecule has 6 rings (SSSR count). The molecule has 0 bridgehead atoms. The molecule has 192 valence electrons. The number of para-hydroxylation sites is 1. The molecule has 0 fully saturated rings. The van der Waals surface area contributed by atoms with E-state index in [0.29, 0.717) is 44.3 Å². The Morgan fingerprint density at radius 3 is 2.84 bits per heavy atom. The lowest BCUT2D eigenvalue weighted by Gasteiger charge is -2.12. The van der Waals surface area contributed by atoms with Crippen LogP contribution in [0.25, 0.3) is 26.8 Å². The van der Waals surface area contributed by atoms with Crippen molar-refractivity contribution in [3.63, 3.8) is 0 Å². The van der Waals surface area contributed by atoms with E-state index in [1.54, 1.807) is 28.0 Å². The van der Waals surface area contributed by atoms with Gasteiger partial charge in [0.1, 0.15) is 10.6 Å². The van der Waals surface area contributed by atoms with Gasteiger partial charge in [-0.3, -0.25) is 14.2 Å². The quantitative estimate of drug-likeness (QED) is 0.149. The number of hydrogen-bond acceptors (Lipinski definition) is 8. The number of carbonyl (C=O) groups is 1. The number of amides is 1. The fourth-order valence-corrected chi connectivity index (χ4v) is 6.78. The molecule has 0 saturated carbocycles. The van der Waals surface area contributed by atoms with E-state index in [1.165, 1.54) is 4.88 Å². The minimum absolute atomic E-state index is 0.0767. The predicted molar refractivity (Wildman–Crippen MR) is 149 cm³/mol. The van der Waals surface area contributed by atoms with Crippen molar-refractivity contribution in [3.8, 4) is 17.3 Å². The Morgan fingerprint density at radius 1 is 1.21 bits per heavy atom. The lowest BCUT2D eigenvalue weighted by molar-refractivity contribution is -0.115. The molecule has 0 aliphatic heterocycles. The Balaban J connectivity index is 1.33. The number of nitrogens with one attached hydrogen (secondary N) is 1. The summed E-state index contributed by atoms with van der Waals surface area (Å²) in [5.41, 5.74) is 2.51. The van der Waals surface area contributed by atoms with E-state index in [0.717, 1.165) is 36.6 Å². The molecule has 0 unspecified atom stereocenters. The van der Waals surface area contributed by atoms with Crippen LogP contribution in [0.4, 0.5) is 5.69 Å². The third kappa shape index (κ3) is 4.37. The maximum atomic E-state index is 13.8. The lowest BCUT2D eigenvalue weighted by Crippen LogP contribution is -2.22. The lowest BCUT2D eigenvalue weighted by atomic mass is 10.2. The van der Waals surface area contributed by atoms with Gasteiger partial charge in [0.05, 0.1) is 29.0 Å². The van der Waals surface area contributed by atoms with Crippen molar-refractivity contribution in [2.24, 2.45) is 10.2 Å². The van der Waals surface area contributed by atoms with Gasteiger partial charge in [-0.05, 0) is 62.1 Å². The predicted octanol–water partition coefficient (Wildman–Crippen LogP) is 5.92. The van der Waals surface area contributed by atoms with Gasteiger partial charge in [-0.1, -0.05) is 30.0 Å². The first-order valence-corrected chi connectivity index (χ1v) is 14.0. The van der Waals surface area contributed by atoms with Crippen molar-refractivity contribution in [2.75, 3.05) is 12.4 Å². The van der Waals surface area contributed by atoms with Gasteiger partial charge < -0.3 is 14.8 Å². The van der Waals surface area contributed by atoms with Gasteiger partial charge in [-0.25, -0.2) is 4.98 Å². The molecule has 2 N–H and O–H groups in total. The van der Waals surface area contributed by atoms with Crippen LogP contribution in [0.2, 0.25) is 0 Å². The summed E-state index contributed by atoms with van der Waals surface area (Å²) in [6.07, 6.45) is 2.88. The standard InChI is InChI=1S/C27H23N5O4S2/c1-2-36-16-12-10-15(11-13-16)32-26(35)22-18-7-5-9-20(18)38-25(22)29-27(32)37-14-21(33)30-31-23-17-6-3-4-8-19(17)28-24(23)34/h3-4,6,8,10-13,28,34H,2,5,7,9,14H2,1H3. The average Bonchev–Trinajstić information content (AvgIpc) is 3.59. The van der Waals surface area contributed by atoms with Gasteiger partial charge in [0, 0.05) is 10.3 Å². The molecule has 0 saturated heterocycles. The fourth-order valence-electron chi connectivity index (χ4n) is 4.68. The van der Waals surface area contributed by atoms with E-state index in [-0.39, 0.29) is 22.9 Å². The zero-order valence-corrected chi connectivity index (χ0v) is 22.1. The average molecular weight is 546 g/mol. The van der Waals surface area contributed by atoms with E-state index in [1.807, 2.05) is 43.3 Å². The number of benzene rings is 2. The molecule has 3 heterocycles. The molecule has 1 aliphatic carbocycles. The topological polar surface area (TPSA) is 122 Å². The summed E-state index contributed by atoms with van der Waals surface area (Å²) in [5.74, 6) is -0.0363. The number of nitrogens with zero attached hydrogens (tertiary/aromatic N) is 4. The second-order valence-electron chi connectivity index (χ2n) is 8.75. The van der Waals surface area contributed by atoms with Crippen LogP contribution in [-0.2, 0) is 17.6 Å². The molecular weight excluding hydrogens is 522 g/mol. The molecule has 5 aromatic rings. The van der Waals surface area contributed by atoms with Crippen LogP contribution in [0.3, 0.4) is 0 Å². The molecule has 0 spiro atoms. The molecular formula is C27H23N5O4S2. The number of H-pyrrole nitrogens is 1. The number of ether oxygens (including phenoxy) is 1. The number of thiophene rings is 1. The van der Waals surface area contributed by atoms with E-state index in [2.05, 4.69) is 15.2 Å². The second-order valence-corrected chi connectivity index (χ2v) is 10.8. The Morgan fingerprint density at radius 2 is 2.03 bits per heavy atom. The zero-order chi connectivity index (χ0) is 26.2. The van der Waals surface area contributed by atoms with E-state index >= 15 is 0 Å². The maximum Gasteiger partial charge on any atom is 0.275 e. The number of thioether (sulfide) groups is 1. The molecule has 0 radical (unpaired) electrons. The molecule has 0 atom stereocenters. The van der Waals surface area contributed by atoms with Crippen LogP contribution in [0.15, 0.2) is 68.7 Å². The molecule has 9 nitrogen and oxygen atoms in total. The first kappa shape index (κ1) is 24.4. The zero-order valence-electron chi connectivity index (χ0n) is 20.4. The highest BCUT2D eigenvalue weighted by atomic mass is 32.2. The Labute approximate surface area is 225 Å². The van der Waals surface area contributed by atoms with Crippen molar-refractivity contribution < 1.29 is 14.6 Å². The number of carbonyl (C=O) groups excluding carboxylic acids is 1. The van der Waals surface area contributed by atoms with Gasteiger partial charge in [-0.15, -0.1) is 21.6 Å². The summed E-state index contributed by atoms with van der Waals surface area (Å²) >= 11 is 2.69. The molecule has 2 aromatic carbocycles. The van der Waals surface area contributed by atoms with Gasteiger partial charge in [0.25, 0.3) is 11.5 Å². The Kier molecular flexibility index (Phi) is 6.46. The minimum Gasteiger partial charge on any atom is -0.494 e. The highest BCUT2D eigenvalue weighted by Gasteiger charge is 2.24. The van der Waals surface area contributed by atoms with Gasteiger partial charge in [-0.2, -0.15) is 0 Å². The largest absolute Gasteiger partial charge is 0.494 e. The third-order valence-corrected chi connectivity index (χ3v) is 8.47. The van der Waals surface area contributed by atoms with Crippen LogP contribution in [0, 0.1) is 0 Å². The number of aromatic hydroxyl groups is 1. The van der Waals surface area contributed by atoms with Crippen molar-refractivity contribution in [3.05, 3.63) is 69.3 Å². The normalized spacial score (nSPS) is 13.1. The second kappa shape index (κ2) is 10.1. The van der Waals surface area contributed by atoms with Gasteiger partial charge in [0.2, 0.25) is 5.88 Å². The van der Waals surface area contributed by atoms with Gasteiger partial charge in [0.15, 0.2) is 10.8 Å². The first-order chi connectivity index (χ1) is 18.5. The van der Waals surface area contributed by atoms with E-state index < -0.39 is 5.91 Å². The number of fused-ring (bicyclic) bond motifs is 4. The number of aromatic amines is 1. The summed E-state index contributed by atoms with van der Waals surface area (Å²) in [7, 11) is 0. The van der Waals surface area contributed by atoms with Crippen molar-refractivity contribution >= 4 is 55.8 Å². The van der Waals surface area contributed by atoms with Crippen molar-refractivity contribution in [1.82, 2.24) is 14.5 Å². The SMILES string of the molecule is CCOc1ccc(-n2c(SCC(=O)N=Nc3c(O)[nH]c4ccccc34)nc3sc4c(c3c2=O)CCC4)cc1. The maximum absolute atomic E-state index is 13.8. The van der Waals surface area contributed by atoms with E-state index in [9.17, 15) is 14.7 Å². The monoisotopic (exact) mass is 545 g/mol. The van der Waals surface area contributed by atoms with Crippen LogP contribution in [0.5, 0.6) is 11.6 Å². The number of aromatic nitrogens is 3. The number of rotatable bonds is 7.